The van der Waals surface area contributed by atoms with Crippen molar-refractivity contribution in [3.63, 3.8) is 0 Å². The van der Waals surface area contributed by atoms with Crippen LogP contribution in [-0.2, 0) is 5.60 Å². The predicted octanol–water partition coefficient (Wildman–Crippen LogP) is 3.98. The molecule has 1 N–H and O–H groups in total. The topological polar surface area (TPSA) is 20.2 Å². The maximum atomic E-state index is 13.3. The van der Waals surface area contributed by atoms with Gasteiger partial charge in [0.05, 0.1) is 5.60 Å². The molecule has 20 heavy (non-hydrogen) atoms. The Hall–Kier alpha value is -1.74. The molecule has 1 saturated carbocycles. The first-order chi connectivity index (χ1) is 9.48. The Kier molecular flexibility index (Phi) is 3.09. The van der Waals surface area contributed by atoms with Gasteiger partial charge in [0.1, 0.15) is 11.6 Å². The van der Waals surface area contributed by atoms with Gasteiger partial charge in [0, 0.05) is 6.07 Å². The average molecular weight is 274 g/mol. The summed E-state index contributed by atoms with van der Waals surface area (Å²) in [6.07, 6.45) is 0.829. The van der Waals surface area contributed by atoms with E-state index in [0.717, 1.165) is 18.1 Å². The number of hydrogen-bond acceptors (Lipinski definition) is 1. The van der Waals surface area contributed by atoms with Gasteiger partial charge in [-0.1, -0.05) is 30.3 Å². The van der Waals surface area contributed by atoms with E-state index in [1.165, 1.54) is 12.1 Å². The highest BCUT2D eigenvalue weighted by atomic mass is 19.1. The van der Waals surface area contributed by atoms with Crippen molar-refractivity contribution < 1.29 is 13.9 Å². The minimum atomic E-state index is -1.22. The van der Waals surface area contributed by atoms with Crippen LogP contribution < -0.4 is 0 Å². The SMILES string of the molecule is CC(O)(c1cc(F)cc(F)c1)C1CC1c1ccccc1. The van der Waals surface area contributed by atoms with Gasteiger partial charge in [-0.15, -0.1) is 0 Å². The smallest absolute Gasteiger partial charge is 0.126 e. The second-order valence-electron chi connectivity index (χ2n) is 5.67. The van der Waals surface area contributed by atoms with Crippen LogP contribution in [0.3, 0.4) is 0 Å². The highest BCUT2D eigenvalue weighted by molar-refractivity contribution is 5.33. The maximum absolute atomic E-state index is 13.3. The Morgan fingerprint density at radius 1 is 1.05 bits per heavy atom. The summed E-state index contributed by atoms with van der Waals surface area (Å²) in [5.41, 5.74) is 0.247. The van der Waals surface area contributed by atoms with E-state index < -0.39 is 17.2 Å². The second kappa shape index (κ2) is 4.67. The number of benzene rings is 2. The lowest BCUT2D eigenvalue weighted by atomic mass is 9.88. The van der Waals surface area contributed by atoms with Crippen LogP contribution in [0.2, 0.25) is 0 Å². The Balaban J connectivity index is 1.87. The fourth-order valence-electron chi connectivity index (χ4n) is 2.94. The summed E-state index contributed by atoms with van der Waals surface area (Å²) in [4.78, 5) is 0. The summed E-state index contributed by atoms with van der Waals surface area (Å²) in [5.74, 6) is -1.07. The summed E-state index contributed by atoms with van der Waals surface area (Å²) in [6, 6.07) is 13.2. The van der Waals surface area contributed by atoms with Crippen molar-refractivity contribution in [1.82, 2.24) is 0 Å². The van der Waals surface area contributed by atoms with Gasteiger partial charge in [0.2, 0.25) is 0 Å². The van der Waals surface area contributed by atoms with E-state index in [1.807, 2.05) is 30.3 Å². The van der Waals surface area contributed by atoms with Gasteiger partial charge in [-0.2, -0.15) is 0 Å². The molecular formula is C17H16F2O. The zero-order valence-electron chi connectivity index (χ0n) is 11.2. The molecule has 3 heteroatoms. The van der Waals surface area contributed by atoms with Crippen LogP contribution in [0, 0.1) is 17.6 Å². The molecule has 3 atom stereocenters. The lowest BCUT2D eigenvalue weighted by molar-refractivity contribution is 0.0303. The Morgan fingerprint density at radius 3 is 2.25 bits per heavy atom. The Bertz CT molecular complexity index is 602. The van der Waals surface area contributed by atoms with Crippen LogP contribution in [0.25, 0.3) is 0 Å². The van der Waals surface area contributed by atoms with E-state index in [-0.39, 0.29) is 11.8 Å². The molecular weight excluding hydrogens is 258 g/mol. The first-order valence-corrected chi connectivity index (χ1v) is 6.72. The molecule has 3 unspecified atom stereocenters. The summed E-state index contributed by atoms with van der Waals surface area (Å²) in [7, 11) is 0. The van der Waals surface area contributed by atoms with Crippen LogP contribution >= 0.6 is 0 Å². The lowest BCUT2D eigenvalue weighted by Crippen LogP contribution is -2.25. The van der Waals surface area contributed by atoms with Crippen molar-refractivity contribution >= 4 is 0 Å². The molecule has 0 radical (unpaired) electrons. The molecule has 2 aromatic carbocycles. The minimum Gasteiger partial charge on any atom is -0.385 e. The molecule has 0 amide bonds. The van der Waals surface area contributed by atoms with Gasteiger partial charge in [-0.05, 0) is 48.4 Å². The van der Waals surface area contributed by atoms with E-state index in [4.69, 9.17) is 0 Å². The lowest BCUT2D eigenvalue weighted by Gasteiger charge is -2.24. The molecule has 0 aliphatic heterocycles. The molecule has 1 fully saturated rings. The van der Waals surface area contributed by atoms with Crippen LogP contribution in [0.15, 0.2) is 48.5 Å². The molecule has 1 aliphatic carbocycles. The number of rotatable bonds is 3. The molecule has 0 saturated heterocycles. The highest BCUT2D eigenvalue weighted by Gasteiger charge is 2.50. The molecule has 2 aromatic rings. The normalized spacial score (nSPS) is 24.2. The van der Waals surface area contributed by atoms with Gasteiger partial charge in [-0.25, -0.2) is 8.78 Å². The van der Waals surface area contributed by atoms with E-state index >= 15 is 0 Å². The molecule has 3 rings (SSSR count). The van der Waals surface area contributed by atoms with E-state index in [9.17, 15) is 13.9 Å². The van der Waals surface area contributed by atoms with Crippen molar-refractivity contribution in [2.45, 2.75) is 24.9 Å². The third kappa shape index (κ3) is 2.34. The van der Waals surface area contributed by atoms with Crippen LogP contribution in [-0.4, -0.2) is 5.11 Å². The fraction of sp³-hybridized carbons (Fsp3) is 0.294. The molecule has 0 aromatic heterocycles. The monoisotopic (exact) mass is 274 g/mol. The van der Waals surface area contributed by atoms with Crippen molar-refractivity contribution in [1.29, 1.82) is 0 Å². The van der Waals surface area contributed by atoms with Crippen LogP contribution in [0.4, 0.5) is 8.78 Å². The zero-order chi connectivity index (χ0) is 14.3. The Labute approximate surface area is 116 Å². The molecule has 0 spiro atoms. The largest absolute Gasteiger partial charge is 0.385 e. The van der Waals surface area contributed by atoms with Gasteiger partial charge in [-0.3, -0.25) is 0 Å². The fourth-order valence-corrected chi connectivity index (χ4v) is 2.94. The summed E-state index contributed by atoms with van der Waals surface area (Å²) >= 11 is 0. The summed E-state index contributed by atoms with van der Waals surface area (Å²) in [6.45, 7) is 1.63. The quantitative estimate of drug-likeness (QED) is 0.897. The molecule has 0 bridgehead atoms. The van der Waals surface area contributed by atoms with Gasteiger partial charge in [0.25, 0.3) is 0 Å². The maximum Gasteiger partial charge on any atom is 0.126 e. The number of halogens is 2. The first-order valence-electron chi connectivity index (χ1n) is 6.72. The molecule has 0 heterocycles. The average Bonchev–Trinajstić information content (AvgIpc) is 3.19. The van der Waals surface area contributed by atoms with E-state index in [0.29, 0.717) is 5.56 Å². The zero-order valence-corrected chi connectivity index (χ0v) is 11.2. The molecule has 1 nitrogen and oxygen atoms in total. The highest BCUT2D eigenvalue weighted by Crippen LogP contribution is 2.56. The van der Waals surface area contributed by atoms with Crippen molar-refractivity contribution in [3.8, 4) is 0 Å². The van der Waals surface area contributed by atoms with Gasteiger partial charge >= 0.3 is 0 Å². The standard InChI is InChI=1S/C17H16F2O/c1-17(20,12-7-13(18)9-14(19)8-12)16-10-15(16)11-5-3-2-4-6-11/h2-9,15-16,20H,10H2,1H3. The van der Waals surface area contributed by atoms with Crippen molar-refractivity contribution in [3.05, 3.63) is 71.3 Å². The van der Waals surface area contributed by atoms with Crippen molar-refractivity contribution in [2.24, 2.45) is 5.92 Å². The number of hydrogen-bond donors (Lipinski definition) is 1. The summed E-state index contributed by atoms with van der Waals surface area (Å²) in [5, 5.41) is 10.7. The van der Waals surface area contributed by atoms with Crippen LogP contribution in [0.1, 0.15) is 30.4 Å². The predicted molar refractivity (Wildman–Crippen MR) is 73.2 cm³/mol. The van der Waals surface area contributed by atoms with E-state index in [2.05, 4.69) is 0 Å². The third-order valence-electron chi connectivity index (χ3n) is 4.19. The van der Waals surface area contributed by atoms with E-state index in [1.54, 1.807) is 6.92 Å². The minimum absolute atomic E-state index is 0.00824. The van der Waals surface area contributed by atoms with Crippen molar-refractivity contribution in [2.75, 3.05) is 0 Å². The molecule has 104 valence electrons. The second-order valence-corrected chi connectivity index (χ2v) is 5.67. The van der Waals surface area contributed by atoms with Gasteiger partial charge < -0.3 is 5.11 Å². The van der Waals surface area contributed by atoms with Gasteiger partial charge in [0.15, 0.2) is 0 Å². The number of aliphatic hydroxyl groups is 1. The third-order valence-corrected chi connectivity index (χ3v) is 4.19. The molecule has 1 aliphatic rings. The van der Waals surface area contributed by atoms with Crippen LogP contribution in [0.5, 0.6) is 0 Å². The first kappa shape index (κ1) is 13.3. The Morgan fingerprint density at radius 2 is 1.65 bits per heavy atom. The summed E-state index contributed by atoms with van der Waals surface area (Å²) < 4.78 is 26.6.